The molecule has 20 heavy (non-hydrogen) atoms. The summed E-state index contributed by atoms with van der Waals surface area (Å²) in [6.07, 6.45) is 1.76. The van der Waals surface area contributed by atoms with E-state index in [1.807, 2.05) is 5.41 Å². The van der Waals surface area contributed by atoms with Crippen LogP contribution in [-0.4, -0.2) is 21.5 Å². The SMILES string of the molecule is C=C1SC=C(CO)N1/C=C(\C)c1ccccc1[N+](=O)[O-]. The van der Waals surface area contributed by atoms with Gasteiger partial charge < -0.3 is 10.0 Å². The van der Waals surface area contributed by atoms with Crippen molar-refractivity contribution in [3.63, 3.8) is 0 Å². The molecule has 0 bridgehead atoms. The van der Waals surface area contributed by atoms with Gasteiger partial charge >= 0.3 is 0 Å². The second kappa shape index (κ2) is 5.94. The Kier molecular flexibility index (Phi) is 4.26. The summed E-state index contributed by atoms with van der Waals surface area (Å²) in [5, 5.41) is 22.9. The first-order chi connectivity index (χ1) is 9.54. The Hall–Kier alpha value is -2.05. The Labute approximate surface area is 121 Å². The van der Waals surface area contributed by atoms with Crippen LogP contribution < -0.4 is 0 Å². The van der Waals surface area contributed by atoms with Crippen LogP contribution in [0.25, 0.3) is 5.57 Å². The maximum atomic E-state index is 11.0. The largest absolute Gasteiger partial charge is 0.390 e. The monoisotopic (exact) mass is 290 g/mol. The second-order valence-electron chi connectivity index (χ2n) is 4.24. The van der Waals surface area contributed by atoms with Crippen LogP contribution in [0.3, 0.4) is 0 Å². The van der Waals surface area contributed by atoms with E-state index in [9.17, 15) is 15.2 Å². The molecule has 0 spiro atoms. The highest BCUT2D eigenvalue weighted by Crippen LogP contribution is 2.35. The lowest BCUT2D eigenvalue weighted by Crippen LogP contribution is -2.12. The molecule has 1 aromatic rings. The molecule has 1 aliphatic heterocycles. The summed E-state index contributed by atoms with van der Waals surface area (Å²) in [5.41, 5.74) is 2.06. The lowest BCUT2D eigenvalue weighted by Gasteiger charge is -2.18. The van der Waals surface area contributed by atoms with E-state index >= 15 is 0 Å². The molecule has 104 valence electrons. The number of hydrogen-bond donors (Lipinski definition) is 1. The van der Waals surface area contributed by atoms with Crippen molar-refractivity contribution in [3.05, 3.63) is 68.9 Å². The van der Waals surface area contributed by atoms with Crippen LogP contribution in [-0.2, 0) is 0 Å². The lowest BCUT2D eigenvalue weighted by atomic mass is 10.1. The Bertz CT molecular complexity index is 623. The molecule has 1 aromatic carbocycles. The van der Waals surface area contributed by atoms with E-state index in [4.69, 9.17) is 0 Å². The Morgan fingerprint density at radius 2 is 2.25 bits per heavy atom. The van der Waals surface area contributed by atoms with Gasteiger partial charge in [0.15, 0.2) is 0 Å². The first-order valence-electron chi connectivity index (χ1n) is 5.91. The van der Waals surface area contributed by atoms with Crippen molar-refractivity contribution in [1.29, 1.82) is 0 Å². The molecule has 0 radical (unpaired) electrons. The molecule has 0 saturated heterocycles. The molecule has 1 N–H and O–H groups in total. The fourth-order valence-electron chi connectivity index (χ4n) is 1.91. The van der Waals surface area contributed by atoms with E-state index in [-0.39, 0.29) is 12.3 Å². The van der Waals surface area contributed by atoms with Gasteiger partial charge in [0.25, 0.3) is 5.69 Å². The Morgan fingerprint density at radius 3 is 2.90 bits per heavy atom. The Morgan fingerprint density at radius 1 is 1.55 bits per heavy atom. The summed E-state index contributed by atoms with van der Waals surface area (Å²) in [7, 11) is 0. The fourth-order valence-corrected chi connectivity index (χ4v) is 2.65. The number of thioether (sulfide) groups is 1. The molecule has 0 saturated carbocycles. The Balaban J connectivity index is 2.39. The standard InChI is InChI=1S/C14H14N2O3S/c1-10(7-15-11(2)20-9-12(15)8-17)13-5-3-4-6-14(13)16(18)19/h3-7,9,17H,2,8H2,1H3/b10-7+. The topological polar surface area (TPSA) is 66.6 Å². The molecule has 0 atom stereocenters. The average molecular weight is 290 g/mol. The van der Waals surface area contributed by atoms with Gasteiger partial charge in [-0.3, -0.25) is 10.1 Å². The van der Waals surface area contributed by atoms with Gasteiger partial charge in [0.2, 0.25) is 0 Å². The molecule has 0 aliphatic carbocycles. The third-order valence-corrected chi connectivity index (χ3v) is 3.78. The highest BCUT2D eigenvalue weighted by molar-refractivity contribution is 8.06. The number of benzene rings is 1. The maximum absolute atomic E-state index is 11.0. The number of allylic oxidation sites excluding steroid dienone is 1. The van der Waals surface area contributed by atoms with Crippen molar-refractivity contribution in [1.82, 2.24) is 4.90 Å². The normalized spacial score (nSPS) is 15.5. The lowest BCUT2D eigenvalue weighted by molar-refractivity contribution is -0.385. The summed E-state index contributed by atoms with van der Waals surface area (Å²) < 4.78 is 0. The van der Waals surface area contributed by atoms with Gasteiger partial charge in [-0.2, -0.15) is 0 Å². The summed E-state index contributed by atoms with van der Waals surface area (Å²) >= 11 is 1.42. The molecule has 1 aliphatic rings. The summed E-state index contributed by atoms with van der Waals surface area (Å²) in [4.78, 5) is 12.4. The van der Waals surface area contributed by atoms with Crippen LogP contribution in [0.15, 0.2) is 53.2 Å². The quantitative estimate of drug-likeness (QED) is 0.680. The van der Waals surface area contributed by atoms with Crippen LogP contribution in [0.2, 0.25) is 0 Å². The number of rotatable bonds is 4. The molecular formula is C14H14N2O3S. The minimum atomic E-state index is -0.400. The maximum Gasteiger partial charge on any atom is 0.276 e. The first kappa shape index (κ1) is 14.4. The van der Waals surface area contributed by atoms with Crippen LogP contribution in [0.4, 0.5) is 5.69 Å². The fraction of sp³-hybridized carbons (Fsp3) is 0.143. The van der Waals surface area contributed by atoms with Gasteiger partial charge in [0, 0.05) is 12.3 Å². The van der Waals surface area contributed by atoms with Crippen molar-refractivity contribution in [2.75, 3.05) is 6.61 Å². The number of para-hydroxylation sites is 1. The summed E-state index contributed by atoms with van der Waals surface area (Å²) in [6, 6.07) is 6.58. The van der Waals surface area contributed by atoms with E-state index in [2.05, 4.69) is 6.58 Å². The van der Waals surface area contributed by atoms with Gasteiger partial charge in [-0.05, 0) is 24.0 Å². The van der Waals surface area contributed by atoms with Crippen LogP contribution >= 0.6 is 11.8 Å². The van der Waals surface area contributed by atoms with E-state index < -0.39 is 4.92 Å². The van der Waals surface area contributed by atoms with E-state index in [0.717, 1.165) is 10.6 Å². The highest BCUT2D eigenvalue weighted by atomic mass is 32.2. The van der Waals surface area contributed by atoms with E-state index in [0.29, 0.717) is 11.3 Å². The van der Waals surface area contributed by atoms with E-state index in [1.54, 1.807) is 36.2 Å². The highest BCUT2D eigenvalue weighted by Gasteiger charge is 2.19. The van der Waals surface area contributed by atoms with Crippen LogP contribution in [0, 0.1) is 10.1 Å². The van der Waals surface area contributed by atoms with Gasteiger partial charge in [-0.15, -0.1) is 0 Å². The molecule has 1 heterocycles. The number of nitrogens with zero attached hydrogens (tertiary/aromatic N) is 2. The van der Waals surface area contributed by atoms with Crippen molar-refractivity contribution in [2.45, 2.75) is 6.92 Å². The van der Waals surface area contributed by atoms with Crippen molar-refractivity contribution < 1.29 is 10.0 Å². The van der Waals surface area contributed by atoms with Gasteiger partial charge in [-0.25, -0.2) is 0 Å². The predicted molar refractivity (Wildman–Crippen MR) is 80.5 cm³/mol. The third kappa shape index (κ3) is 2.76. The van der Waals surface area contributed by atoms with Crippen molar-refractivity contribution >= 4 is 23.0 Å². The number of aliphatic hydroxyl groups is 1. The molecule has 0 unspecified atom stereocenters. The van der Waals surface area contributed by atoms with Crippen LogP contribution in [0.5, 0.6) is 0 Å². The zero-order valence-corrected chi connectivity index (χ0v) is 11.8. The van der Waals surface area contributed by atoms with Crippen LogP contribution in [0.1, 0.15) is 12.5 Å². The molecule has 0 fully saturated rings. The number of hydrogen-bond acceptors (Lipinski definition) is 5. The minimum absolute atomic E-state index is 0.0632. The average Bonchev–Trinajstić information content (AvgIpc) is 2.79. The summed E-state index contributed by atoms with van der Waals surface area (Å²) in [5.74, 6) is 0. The predicted octanol–water partition coefficient (Wildman–Crippen LogP) is 3.31. The molecule has 6 heteroatoms. The molecule has 0 amide bonds. The van der Waals surface area contributed by atoms with Gasteiger partial charge in [0.05, 0.1) is 27.8 Å². The minimum Gasteiger partial charge on any atom is -0.390 e. The zero-order valence-electron chi connectivity index (χ0n) is 10.9. The number of nitro benzene ring substituents is 1. The molecule has 5 nitrogen and oxygen atoms in total. The van der Waals surface area contributed by atoms with Crippen molar-refractivity contribution in [2.24, 2.45) is 0 Å². The molecule has 0 aromatic heterocycles. The van der Waals surface area contributed by atoms with Gasteiger partial charge in [-0.1, -0.05) is 30.5 Å². The van der Waals surface area contributed by atoms with Crippen molar-refractivity contribution in [3.8, 4) is 0 Å². The summed E-state index contributed by atoms with van der Waals surface area (Å²) in [6.45, 7) is 5.58. The molecular weight excluding hydrogens is 276 g/mol. The first-order valence-corrected chi connectivity index (χ1v) is 6.79. The second-order valence-corrected chi connectivity index (χ2v) is 5.18. The van der Waals surface area contributed by atoms with Gasteiger partial charge in [0.1, 0.15) is 0 Å². The number of nitro groups is 1. The molecule has 2 rings (SSSR count). The van der Waals surface area contributed by atoms with E-state index in [1.165, 1.54) is 17.8 Å². The smallest absolute Gasteiger partial charge is 0.276 e. The third-order valence-electron chi connectivity index (χ3n) is 2.92. The zero-order chi connectivity index (χ0) is 14.7. The number of aliphatic hydroxyl groups excluding tert-OH is 1.